The molecule has 0 radical (unpaired) electrons. The molecule has 0 saturated heterocycles. The third-order valence-electron chi connectivity index (χ3n) is 3.56. The van der Waals surface area contributed by atoms with Gasteiger partial charge >= 0.3 is 0 Å². The SMILES string of the molecule is OC(Cc1ccc(Cl)c(-n2ccnc2)c1Cl)c1cccc(Cl)c1. The van der Waals surface area contributed by atoms with E-state index in [0.717, 1.165) is 11.1 Å². The van der Waals surface area contributed by atoms with Crippen LogP contribution in [0.2, 0.25) is 15.1 Å². The zero-order valence-corrected chi connectivity index (χ0v) is 14.2. The average molecular weight is 368 g/mol. The maximum absolute atomic E-state index is 10.4. The van der Waals surface area contributed by atoms with Crippen molar-refractivity contribution in [2.45, 2.75) is 12.5 Å². The summed E-state index contributed by atoms with van der Waals surface area (Å²) in [5.41, 5.74) is 2.20. The topological polar surface area (TPSA) is 38.0 Å². The lowest BCUT2D eigenvalue weighted by Crippen LogP contribution is -2.04. The Morgan fingerprint density at radius 1 is 1.13 bits per heavy atom. The van der Waals surface area contributed by atoms with Gasteiger partial charge in [-0.2, -0.15) is 0 Å². The van der Waals surface area contributed by atoms with Gasteiger partial charge in [-0.1, -0.05) is 53.0 Å². The number of aliphatic hydroxyl groups is 1. The molecule has 1 unspecified atom stereocenters. The van der Waals surface area contributed by atoms with E-state index in [0.29, 0.717) is 27.2 Å². The Bertz CT molecular complexity index is 819. The van der Waals surface area contributed by atoms with Gasteiger partial charge in [0.05, 0.1) is 28.2 Å². The van der Waals surface area contributed by atoms with Crippen molar-refractivity contribution in [3.8, 4) is 5.69 Å². The monoisotopic (exact) mass is 366 g/mol. The summed E-state index contributed by atoms with van der Waals surface area (Å²) in [4.78, 5) is 4.01. The molecular formula is C17H13Cl3N2O. The molecule has 3 rings (SSSR count). The fraction of sp³-hybridized carbons (Fsp3) is 0.118. The van der Waals surface area contributed by atoms with Gasteiger partial charge in [0.25, 0.3) is 0 Å². The highest BCUT2D eigenvalue weighted by molar-refractivity contribution is 6.38. The molecule has 3 aromatic rings. The summed E-state index contributed by atoms with van der Waals surface area (Å²) in [6.07, 6.45) is 4.70. The maximum Gasteiger partial charge on any atom is 0.0992 e. The zero-order chi connectivity index (χ0) is 16.4. The molecule has 0 saturated carbocycles. The predicted molar refractivity (Wildman–Crippen MR) is 93.7 cm³/mol. The van der Waals surface area contributed by atoms with Gasteiger partial charge in [0.2, 0.25) is 0 Å². The second-order valence-electron chi connectivity index (χ2n) is 5.11. The lowest BCUT2D eigenvalue weighted by molar-refractivity contribution is 0.178. The van der Waals surface area contributed by atoms with Crippen LogP contribution in [0.5, 0.6) is 0 Å². The van der Waals surface area contributed by atoms with Crippen LogP contribution < -0.4 is 0 Å². The minimum absolute atomic E-state index is 0.359. The Labute approximate surface area is 149 Å². The number of halogens is 3. The summed E-state index contributed by atoms with van der Waals surface area (Å²) >= 11 is 18.7. The van der Waals surface area contributed by atoms with Crippen LogP contribution in [0, 0.1) is 0 Å². The molecule has 1 aromatic heterocycles. The van der Waals surface area contributed by atoms with Crippen molar-refractivity contribution in [3.05, 3.63) is 81.3 Å². The molecule has 2 aromatic carbocycles. The van der Waals surface area contributed by atoms with E-state index in [1.54, 1.807) is 47.6 Å². The minimum atomic E-state index is -0.706. The van der Waals surface area contributed by atoms with Crippen LogP contribution in [0.25, 0.3) is 5.69 Å². The lowest BCUT2D eigenvalue weighted by atomic mass is 10.0. The quantitative estimate of drug-likeness (QED) is 0.696. The molecule has 6 heteroatoms. The summed E-state index contributed by atoms with van der Waals surface area (Å²) in [6, 6.07) is 10.7. The Balaban J connectivity index is 1.93. The van der Waals surface area contributed by atoms with Crippen LogP contribution in [-0.4, -0.2) is 14.7 Å². The second kappa shape index (κ2) is 6.93. The van der Waals surface area contributed by atoms with Gasteiger partial charge in [-0.15, -0.1) is 0 Å². The fourth-order valence-corrected chi connectivity index (χ4v) is 3.25. The molecule has 0 fully saturated rings. The van der Waals surface area contributed by atoms with E-state index in [9.17, 15) is 5.11 Å². The number of benzene rings is 2. The van der Waals surface area contributed by atoms with Gasteiger partial charge in [0.15, 0.2) is 0 Å². The molecule has 1 heterocycles. The summed E-state index contributed by atoms with van der Waals surface area (Å²) < 4.78 is 1.75. The molecule has 3 nitrogen and oxygen atoms in total. The van der Waals surface area contributed by atoms with Crippen LogP contribution in [-0.2, 0) is 6.42 Å². The first-order valence-corrected chi connectivity index (χ1v) is 8.08. The standard InChI is InChI=1S/C17H13Cl3N2O/c18-13-3-1-2-11(8-13)15(23)9-12-4-5-14(19)17(16(12)20)22-7-6-21-10-22/h1-8,10,15,23H,9H2. The average Bonchev–Trinajstić information content (AvgIpc) is 3.04. The normalized spacial score (nSPS) is 12.3. The van der Waals surface area contributed by atoms with Gasteiger partial charge in [0, 0.05) is 23.8 Å². The summed E-state index contributed by atoms with van der Waals surface area (Å²) in [7, 11) is 0. The molecule has 0 bridgehead atoms. The van der Waals surface area contributed by atoms with Gasteiger partial charge in [0.1, 0.15) is 0 Å². The molecule has 23 heavy (non-hydrogen) atoms. The van der Waals surface area contributed by atoms with Crippen molar-refractivity contribution in [1.29, 1.82) is 0 Å². The molecule has 1 N–H and O–H groups in total. The molecule has 0 aliphatic heterocycles. The van der Waals surface area contributed by atoms with E-state index in [2.05, 4.69) is 4.98 Å². The van der Waals surface area contributed by atoms with E-state index in [-0.39, 0.29) is 0 Å². The number of rotatable bonds is 4. The Kier molecular flexibility index (Phi) is 4.93. The molecule has 1 atom stereocenters. The van der Waals surface area contributed by atoms with Gasteiger partial charge < -0.3 is 9.67 Å². The second-order valence-corrected chi connectivity index (χ2v) is 6.34. The van der Waals surface area contributed by atoms with Crippen LogP contribution in [0.3, 0.4) is 0 Å². The van der Waals surface area contributed by atoms with E-state index in [4.69, 9.17) is 34.8 Å². The van der Waals surface area contributed by atoms with Crippen molar-refractivity contribution in [1.82, 2.24) is 9.55 Å². The molecular weight excluding hydrogens is 355 g/mol. The van der Waals surface area contributed by atoms with Crippen molar-refractivity contribution >= 4 is 34.8 Å². The Morgan fingerprint density at radius 2 is 1.96 bits per heavy atom. The first-order valence-electron chi connectivity index (χ1n) is 6.95. The summed E-state index contributed by atoms with van der Waals surface area (Å²) in [5.74, 6) is 0. The zero-order valence-electron chi connectivity index (χ0n) is 12.0. The van der Waals surface area contributed by atoms with E-state index < -0.39 is 6.10 Å². The van der Waals surface area contributed by atoms with Crippen LogP contribution in [0.1, 0.15) is 17.2 Å². The third-order valence-corrected chi connectivity index (χ3v) is 4.52. The molecule has 118 valence electrons. The van der Waals surface area contributed by atoms with Gasteiger partial charge in [-0.3, -0.25) is 0 Å². The van der Waals surface area contributed by atoms with Crippen molar-refractivity contribution in [3.63, 3.8) is 0 Å². The molecule has 0 aliphatic carbocycles. The Morgan fingerprint density at radius 3 is 2.65 bits per heavy atom. The smallest absolute Gasteiger partial charge is 0.0992 e. The number of imidazole rings is 1. The number of aliphatic hydroxyl groups excluding tert-OH is 1. The molecule has 0 aliphatic rings. The predicted octanol–water partition coefficient (Wildman–Crippen LogP) is 5.11. The largest absolute Gasteiger partial charge is 0.388 e. The van der Waals surface area contributed by atoms with E-state index in [1.165, 1.54) is 0 Å². The first-order chi connectivity index (χ1) is 11.1. The highest BCUT2D eigenvalue weighted by Gasteiger charge is 2.16. The number of hydrogen-bond donors (Lipinski definition) is 1. The van der Waals surface area contributed by atoms with Crippen LogP contribution in [0.4, 0.5) is 0 Å². The minimum Gasteiger partial charge on any atom is -0.388 e. The lowest BCUT2D eigenvalue weighted by Gasteiger charge is -2.16. The first kappa shape index (κ1) is 16.3. The molecule has 0 amide bonds. The number of aromatic nitrogens is 2. The van der Waals surface area contributed by atoms with E-state index >= 15 is 0 Å². The van der Waals surface area contributed by atoms with Crippen molar-refractivity contribution in [2.75, 3.05) is 0 Å². The van der Waals surface area contributed by atoms with Crippen molar-refractivity contribution < 1.29 is 5.11 Å². The number of nitrogens with zero attached hydrogens (tertiary/aromatic N) is 2. The van der Waals surface area contributed by atoms with Gasteiger partial charge in [-0.25, -0.2) is 4.98 Å². The maximum atomic E-state index is 10.4. The highest BCUT2D eigenvalue weighted by atomic mass is 35.5. The van der Waals surface area contributed by atoms with Crippen LogP contribution >= 0.6 is 34.8 Å². The molecule has 0 spiro atoms. The highest BCUT2D eigenvalue weighted by Crippen LogP contribution is 2.34. The third kappa shape index (κ3) is 3.54. The van der Waals surface area contributed by atoms with Crippen LogP contribution in [0.15, 0.2) is 55.1 Å². The van der Waals surface area contributed by atoms with Crippen molar-refractivity contribution in [2.24, 2.45) is 0 Å². The van der Waals surface area contributed by atoms with E-state index in [1.807, 2.05) is 12.1 Å². The summed E-state index contributed by atoms with van der Waals surface area (Å²) in [5, 5.41) is 12.0. The number of hydrogen-bond acceptors (Lipinski definition) is 2. The fourth-order valence-electron chi connectivity index (χ4n) is 2.41. The van der Waals surface area contributed by atoms with Gasteiger partial charge in [-0.05, 0) is 29.3 Å². The Hall–Kier alpha value is -1.52. The summed E-state index contributed by atoms with van der Waals surface area (Å²) in [6.45, 7) is 0.